The SMILES string of the molecule is NC1CC2CCC(C1)N2N1CCCCC1. The molecule has 3 aliphatic rings. The Hall–Kier alpha value is -0.120. The first-order valence-corrected chi connectivity index (χ1v) is 6.63. The lowest BCUT2D eigenvalue weighted by Gasteiger charge is -2.46. The lowest BCUT2D eigenvalue weighted by Crippen LogP contribution is -2.56. The zero-order valence-corrected chi connectivity index (χ0v) is 9.57. The largest absolute Gasteiger partial charge is 0.328 e. The minimum absolute atomic E-state index is 0.476. The average molecular weight is 209 g/mol. The number of hydrazine groups is 1. The van der Waals surface area contributed by atoms with Crippen molar-refractivity contribution in [2.75, 3.05) is 13.1 Å². The van der Waals surface area contributed by atoms with Crippen molar-refractivity contribution in [3.8, 4) is 0 Å². The van der Waals surface area contributed by atoms with Crippen molar-refractivity contribution in [2.24, 2.45) is 5.73 Å². The van der Waals surface area contributed by atoms with Crippen molar-refractivity contribution < 1.29 is 0 Å². The maximum absolute atomic E-state index is 6.10. The molecular formula is C12H23N3. The fourth-order valence-corrected chi connectivity index (χ4v) is 3.76. The van der Waals surface area contributed by atoms with Gasteiger partial charge in [-0.05, 0) is 38.5 Å². The van der Waals surface area contributed by atoms with E-state index < -0.39 is 0 Å². The third-order valence-corrected chi connectivity index (χ3v) is 4.39. The Kier molecular flexibility index (Phi) is 2.71. The molecule has 3 fully saturated rings. The molecule has 3 heteroatoms. The number of rotatable bonds is 1. The number of piperidine rings is 2. The van der Waals surface area contributed by atoms with Crippen molar-refractivity contribution in [1.29, 1.82) is 0 Å². The Labute approximate surface area is 92.6 Å². The maximum atomic E-state index is 6.10. The van der Waals surface area contributed by atoms with Crippen LogP contribution in [0.1, 0.15) is 44.9 Å². The van der Waals surface area contributed by atoms with E-state index in [2.05, 4.69) is 10.0 Å². The van der Waals surface area contributed by atoms with E-state index in [1.165, 1.54) is 58.0 Å². The van der Waals surface area contributed by atoms with Crippen LogP contribution in [0.15, 0.2) is 0 Å². The molecule has 0 aromatic rings. The minimum Gasteiger partial charge on any atom is -0.328 e. The molecule has 2 atom stereocenters. The third kappa shape index (κ3) is 1.81. The second kappa shape index (κ2) is 4.04. The van der Waals surface area contributed by atoms with Crippen molar-refractivity contribution in [1.82, 2.24) is 10.0 Å². The summed E-state index contributed by atoms with van der Waals surface area (Å²) in [6.07, 6.45) is 9.44. The Bertz CT molecular complexity index is 211. The highest BCUT2D eigenvalue weighted by Crippen LogP contribution is 2.36. The molecule has 0 radical (unpaired) electrons. The van der Waals surface area contributed by atoms with Crippen LogP contribution in [-0.4, -0.2) is 41.2 Å². The van der Waals surface area contributed by atoms with Crippen LogP contribution in [-0.2, 0) is 0 Å². The number of fused-ring (bicyclic) bond motifs is 2. The van der Waals surface area contributed by atoms with E-state index in [0.717, 1.165) is 12.1 Å². The lowest BCUT2D eigenvalue weighted by atomic mass is 9.99. The van der Waals surface area contributed by atoms with Crippen LogP contribution in [0.5, 0.6) is 0 Å². The van der Waals surface area contributed by atoms with Crippen LogP contribution in [0.25, 0.3) is 0 Å². The summed E-state index contributed by atoms with van der Waals surface area (Å²) in [4.78, 5) is 0. The van der Waals surface area contributed by atoms with Gasteiger partial charge in [0.2, 0.25) is 0 Å². The quantitative estimate of drug-likeness (QED) is 0.707. The van der Waals surface area contributed by atoms with Crippen LogP contribution in [0.3, 0.4) is 0 Å². The van der Waals surface area contributed by atoms with Crippen LogP contribution in [0.4, 0.5) is 0 Å². The number of nitrogens with two attached hydrogens (primary N) is 1. The van der Waals surface area contributed by atoms with Crippen LogP contribution < -0.4 is 5.73 Å². The van der Waals surface area contributed by atoms with Gasteiger partial charge in [0.1, 0.15) is 0 Å². The van der Waals surface area contributed by atoms with Crippen LogP contribution >= 0.6 is 0 Å². The summed E-state index contributed by atoms with van der Waals surface area (Å²) in [5.41, 5.74) is 6.10. The summed E-state index contributed by atoms with van der Waals surface area (Å²) in [7, 11) is 0. The molecule has 0 aromatic heterocycles. The normalized spacial score (nSPS) is 43.4. The molecule has 0 amide bonds. The Morgan fingerprint density at radius 2 is 1.47 bits per heavy atom. The number of nitrogens with zero attached hydrogens (tertiary/aromatic N) is 2. The van der Waals surface area contributed by atoms with Gasteiger partial charge in [-0.1, -0.05) is 6.42 Å². The summed E-state index contributed by atoms with van der Waals surface area (Å²) in [5, 5.41) is 5.35. The first kappa shape index (κ1) is 10.1. The Morgan fingerprint density at radius 3 is 2.07 bits per heavy atom. The van der Waals surface area contributed by atoms with Gasteiger partial charge in [0.05, 0.1) is 0 Å². The second-order valence-electron chi connectivity index (χ2n) is 5.51. The zero-order valence-electron chi connectivity index (χ0n) is 9.57. The van der Waals surface area contributed by atoms with Crippen molar-refractivity contribution in [3.05, 3.63) is 0 Å². The van der Waals surface area contributed by atoms with E-state index in [1.807, 2.05) is 0 Å². The molecule has 3 aliphatic heterocycles. The topological polar surface area (TPSA) is 32.5 Å². The van der Waals surface area contributed by atoms with Gasteiger partial charge in [-0.25, -0.2) is 10.0 Å². The van der Waals surface area contributed by atoms with E-state index in [9.17, 15) is 0 Å². The lowest BCUT2D eigenvalue weighted by molar-refractivity contribution is -0.0983. The average Bonchev–Trinajstić information content (AvgIpc) is 2.53. The molecule has 0 spiro atoms. The van der Waals surface area contributed by atoms with Crippen LogP contribution in [0.2, 0.25) is 0 Å². The predicted molar refractivity (Wildman–Crippen MR) is 61.3 cm³/mol. The second-order valence-corrected chi connectivity index (χ2v) is 5.51. The van der Waals surface area contributed by atoms with E-state index in [4.69, 9.17) is 5.73 Å². The highest BCUT2D eigenvalue weighted by molar-refractivity contribution is 4.95. The van der Waals surface area contributed by atoms with Gasteiger partial charge in [-0.15, -0.1) is 0 Å². The molecule has 0 aliphatic carbocycles. The first-order valence-electron chi connectivity index (χ1n) is 6.63. The molecule has 3 rings (SSSR count). The van der Waals surface area contributed by atoms with E-state index in [0.29, 0.717) is 6.04 Å². The highest BCUT2D eigenvalue weighted by Gasteiger charge is 2.42. The van der Waals surface area contributed by atoms with Gasteiger partial charge in [-0.2, -0.15) is 0 Å². The molecule has 2 N–H and O–H groups in total. The van der Waals surface area contributed by atoms with Gasteiger partial charge >= 0.3 is 0 Å². The summed E-state index contributed by atoms with van der Waals surface area (Å²) in [5.74, 6) is 0. The molecule has 0 saturated carbocycles. The summed E-state index contributed by atoms with van der Waals surface area (Å²) < 4.78 is 0. The van der Waals surface area contributed by atoms with Gasteiger partial charge in [0, 0.05) is 31.2 Å². The third-order valence-electron chi connectivity index (χ3n) is 4.39. The molecule has 3 nitrogen and oxygen atoms in total. The fraction of sp³-hybridized carbons (Fsp3) is 1.00. The maximum Gasteiger partial charge on any atom is 0.0264 e. The van der Waals surface area contributed by atoms with E-state index >= 15 is 0 Å². The fourth-order valence-electron chi connectivity index (χ4n) is 3.76. The number of hydrogen-bond donors (Lipinski definition) is 1. The summed E-state index contributed by atoms with van der Waals surface area (Å²) >= 11 is 0. The molecule has 86 valence electrons. The molecule has 2 unspecified atom stereocenters. The molecular weight excluding hydrogens is 186 g/mol. The predicted octanol–water partition coefficient (Wildman–Crippen LogP) is 1.34. The highest BCUT2D eigenvalue weighted by atomic mass is 15.7. The molecule has 3 heterocycles. The van der Waals surface area contributed by atoms with Crippen molar-refractivity contribution in [3.63, 3.8) is 0 Å². The van der Waals surface area contributed by atoms with Gasteiger partial charge in [-0.3, -0.25) is 0 Å². The van der Waals surface area contributed by atoms with Gasteiger partial charge in [0.25, 0.3) is 0 Å². The monoisotopic (exact) mass is 209 g/mol. The van der Waals surface area contributed by atoms with Crippen LogP contribution in [0, 0.1) is 0 Å². The van der Waals surface area contributed by atoms with E-state index in [1.54, 1.807) is 0 Å². The van der Waals surface area contributed by atoms with Crippen molar-refractivity contribution in [2.45, 2.75) is 63.1 Å². The minimum atomic E-state index is 0.476. The standard InChI is InChI=1S/C12H23N3/c13-10-8-11-4-5-12(9-10)15(11)14-6-2-1-3-7-14/h10-12H,1-9,13H2. The first-order chi connectivity index (χ1) is 7.34. The van der Waals surface area contributed by atoms with Gasteiger partial charge in [0.15, 0.2) is 0 Å². The molecule has 2 bridgehead atoms. The molecule has 3 saturated heterocycles. The summed E-state index contributed by atoms with van der Waals surface area (Å²) in [6.45, 7) is 2.59. The number of hydrogen-bond acceptors (Lipinski definition) is 3. The molecule has 15 heavy (non-hydrogen) atoms. The van der Waals surface area contributed by atoms with Gasteiger partial charge < -0.3 is 5.73 Å². The Balaban J connectivity index is 1.70. The Morgan fingerprint density at radius 1 is 0.867 bits per heavy atom. The van der Waals surface area contributed by atoms with Crippen molar-refractivity contribution >= 4 is 0 Å². The molecule has 0 aromatic carbocycles. The van der Waals surface area contributed by atoms with E-state index in [-0.39, 0.29) is 0 Å². The smallest absolute Gasteiger partial charge is 0.0264 e. The summed E-state index contributed by atoms with van der Waals surface area (Å²) in [6, 6.07) is 2.03. The zero-order chi connectivity index (χ0) is 10.3.